The minimum Gasteiger partial charge on any atom is -0.325 e. The van der Waals surface area contributed by atoms with Crippen LogP contribution in [0.1, 0.15) is 36.5 Å². The van der Waals surface area contributed by atoms with Gasteiger partial charge in [0.2, 0.25) is 5.91 Å². The Kier molecular flexibility index (Phi) is 4.89. The van der Waals surface area contributed by atoms with Gasteiger partial charge in [-0.25, -0.2) is 0 Å². The summed E-state index contributed by atoms with van der Waals surface area (Å²) in [4.78, 5) is 22.7. The van der Waals surface area contributed by atoms with Gasteiger partial charge in [0.05, 0.1) is 6.07 Å². The molecule has 0 fully saturated rings. The van der Waals surface area contributed by atoms with E-state index in [0.29, 0.717) is 17.7 Å². The van der Waals surface area contributed by atoms with Crippen molar-refractivity contribution in [2.45, 2.75) is 26.2 Å². The topological polar surface area (TPSA) is 70.0 Å². The first-order valence-electron chi connectivity index (χ1n) is 5.47. The third-order valence-electron chi connectivity index (χ3n) is 2.21. The summed E-state index contributed by atoms with van der Waals surface area (Å²) in [6.07, 6.45) is 1.18. The molecule has 1 N–H and O–H groups in total. The van der Waals surface area contributed by atoms with Gasteiger partial charge in [-0.05, 0) is 30.7 Å². The average molecular weight is 230 g/mol. The summed E-state index contributed by atoms with van der Waals surface area (Å²) in [7, 11) is 0. The van der Waals surface area contributed by atoms with Crippen molar-refractivity contribution >= 4 is 17.4 Å². The Balaban J connectivity index is 2.65. The first-order valence-corrected chi connectivity index (χ1v) is 5.47. The number of carbonyl (C=O) groups is 2. The number of hydrogen-bond acceptors (Lipinski definition) is 3. The van der Waals surface area contributed by atoms with E-state index in [-0.39, 0.29) is 18.1 Å². The first kappa shape index (κ1) is 12.9. The largest absolute Gasteiger partial charge is 0.325 e. The minimum atomic E-state index is -0.347. The third-order valence-corrected chi connectivity index (χ3v) is 2.21. The van der Waals surface area contributed by atoms with Crippen LogP contribution < -0.4 is 5.32 Å². The number of benzene rings is 1. The molecule has 0 saturated heterocycles. The molecule has 0 aliphatic rings. The van der Waals surface area contributed by atoms with E-state index < -0.39 is 0 Å². The average Bonchev–Trinajstić information content (AvgIpc) is 2.30. The van der Waals surface area contributed by atoms with E-state index in [2.05, 4.69) is 5.32 Å². The maximum atomic E-state index is 11.6. The van der Waals surface area contributed by atoms with E-state index in [1.54, 1.807) is 30.3 Å². The lowest BCUT2D eigenvalue weighted by molar-refractivity contribution is -0.115. The predicted molar refractivity (Wildman–Crippen MR) is 64.5 cm³/mol. The highest BCUT2D eigenvalue weighted by atomic mass is 16.1. The number of ketones is 1. The van der Waals surface area contributed by atoms with Crippen molar-refractivity contribution in [2.75, 3.05) is 5.32 Å². The van der Waals surface area contributed by atoms with Gasteiger partial charge in [0.1, 0.15) is 6.42 Å². The predicted octanol–water partition coefficient (Wildman–Crippen LogP) is 2.52. The SMILES string of the molecule is CCCC(=O)c1ccc(NC(=O)CC#N)cc1. The molecule has 1 rings (SSSR count). The lowest BCUT2D eigenvalue weighted by Gasteiger charge is -2.04. The van der Waals surface area contributed by atoms with Gasteiger partial charge in [-0.2, -0.15) is 5.26 Å². The summed E-state index contributed by atoms with van der Waals surface area (Å²) in [5.74, 6) is -0.248. The number of nitrogens with one attached hydrogen (secondary N) is 1. The molecule has 1 aromatic rings. The summed E-state index contributed by atoms with van der Waals surface area (Å²) >= 11 is 0. The monoisotopic (exact) mass is 230 g/mol. The van der Waals surface area contributed by atoms with Crippen molar-refractivity contribution in [3.05, 3.63) is 29.8 Å². The summed E-state index contributed by atoms with van der Waals surface area (Å²) in [6, 6.07) is 8.46. The zero-order valence-electron chi connectivity index (χ0n) is 9.69. The Bertz CT molecular complexity index is 443. The summed E-state index contributed by atoms with van der Waals surface area (Å²) < 4.78 is 0. The molecule has 17 heavy (non-hydrogen) atoms. The Morgan fingerprint density at radius 2 is 1.94 bits per heavy atom. The molecule has 0 heterocycles. The fourth-order valence-corrected chi connectivity index (χ4v) is 1.39. The molecule has 88 valence electrons. The Labute approximate surface area is 100 Å². The highest BCUT2D eigenvalue weighted by Gasteiger charge is 2.05. The highest BCUT2D eigenvalue weighted by molar-refractivity contribution is 5.97. The van der Waals surface area contributed by atoms with Gasteiger partial charge in [-0.15, -0.1) is 0 Å². The second-order valence-electron chi connectivity index (χ2n) is 3.63. The molecule has 0 aromatic heterocycles. The fourth-order valence-electron chi connectivity index (χ4n) is 1.39. The number of hydrogen-bond donors (Lipinski definition) is 1. The molecule has 0 aliphatic carbocycles. The molecule has 4 heteroatoms. The molecule has 0 atom stereocenters. The smallest absolute Gasteiger partial charge is 0.238 e. The Morgan fingerprint density at radius 3 is 2.47 bits per heavy atom. The molecule has 0 spiro atoms. The zero-order valence-corrected chi connectivity index (χ0v) is 9.69. The second kappa shape index (κ2) is 6.44. The lowest BCUT2D eigenvalue weighted by atomic mass is 10.1. The number of nitrogens with zero attached hydrogens (tertiary/aromatic N) is 1. The quantitative estimate of drug-likeness (QED) is 0.790. The van der Waals surface area contributed by atoms with Crippen LogP contribution in [-0.2, 0) is 4.79 Å². The standard InChI is InChI=1S/C13H14N2O2/c1-2-3-12(16)10-4-6-11(7-5-10)15-13(17)8-9-14/h4-7H,2-3,8H2,1H3,(H,15,17). The molecule has 0 radical (unpaired) electrons. The third kappa shape index (κ3) is 4.07. The van der Waals surface area contributed by atoms with E-state index in [4.69, 9.17) is 5.26 Å². The second-order valence-corrected chi connectivity index (χ2v) is 3.63. The normalized spacial score (nSPS) is 9.41. The van der Waals surface area contributed by atoms with Crippen molar-refractivity contribution in [3.63, 3.8) is 0 Å². The molecule has 0 aliphatic heterocycles. The number of amides is 1. The van der Waals surface area contributed by atoms with Gasteiger partial charge in [-0.3, -0.25) is 9.59 Å². The molecular formula is C13H14N2O2. The zero-order chi connectivity index (χ0) is 12.7. The van der Waals surface area contributed by atoms with E-state index in [9.17, 15) is 9.59 Å². The Hall–Kier alpha value is -2.15. The number of rotatable bonds is 5. The van der Waals surface area contributed by atoms with Crippen LogP contribution >= 0.6 is 0 Å². The van der Waals surface area contributed by atoms with Crippen molar-refractivity contribution in [1.29, 1.82) is 5.26 Å². The highest BCUT2D eigenvalue weighted by Crippen LogP contribution is 2.12. The summed E-state index contributed by atoms with van der Waals surface area (Å²) in [6.45, 7) is 1.95. The van der Waals surface area contributed by atoms with Crippen molar-refractivity contribution < 1.29 is 9.59 Å². The van der Waals surface area contributed by atoms with Crippen LogP contribution in [0.4, 0.5) is 5.69 Å². The summed E-state index contributed by atoms with van der Waals surface area (Å²) in [5.41, 5.74) is 1.24. The van der Waals surface area contributed by atoms with Crippen molar-refractivity contribution in [3.8, 4) is 6.07 Å². The van der Waals surface area contributed by atoms with Crippen molar-refractivity contribution in [1.82, 2.24) is 0 Å². The first-order chi connectivity index (χ1) is 8.17. The number of anilines is 1. The number of Topliss-reactive ketones (excluding diaryl/α,β-unsaturated/α-hetero) is 1. The molecule has 1 aromatic carbocycles. The van der Waals surface area contributed by atoms with Crippen LogP contribution in [0.3, 0.4) is 0 Å². The van der Waals surface area contributed by atoms with Crippen LogP contribution in [0, 0.1) is 11.3 Å². The van der Waals surface area contributed by atoms with Crippen LogP contribution in [0.25, 0.3) is 0 Å². The van der Waals surface area contributed by atoms with E-state index in [0.717, 1.165) is 6.42 Å². The van der Waals surface area contributed by atoms with Gasteiger partial charge in [0, 0.05) is 17.7 Å². The number of carbonyl (C=O) groups excluding carboxylic acids is 2. The number of nitriles is 1. The molecular weight excluding hydrogens is 216 g/mol. The van der Waals surface area contributed by atoms with Gasteiger partial charge < -0.3 is 5.32 Å². The van der Waals surface area contributed by atoms with Gasteiger partial charge >= 0.3 is 0 Å². The molecule has 0 bridgehead atoms. The minimum absolute atomic E-state index is 0.0994. The molecule has 0 saturated carbocycles. The fraction of sp³-hybridized carbons (Fsp3) is 0.308. The van der Waals surface area contributed by atoms with Gasteiger partial charge in [0.15, 0.2) is 5.78 Å². The van der Waals surface area contributed by atoms with Gasteiger partial charge in [0.25, 0.3) is 0 Å². The maximum Gasteiger partial charge on any atom is 0.238 e. The maximum absolute atomic E-state index is 11.6. The summed E-state index contributed by atoms with van der Waals surface area (Å²) in [5, 5.41) is 10.9. The van der Waals surface area contributed by atoms with Crippen LogP contribution in [0.5, 0.6) is 0 Å². The molecule has 1 amide bonds. The molecule has 4 nitrogen and oxygen atoms in total. The van der Waals surface area contributed by atoms with Crippen LogP contribution in [0.2, 0.25) is 0 Å². The Morgan fingerprint density at radius 1 is 1.29 bits per heavy atom. The van der Waals surface area contributed by atoms with Gasteiger partial charge in [-0.1, -0.05) is 6.92 Å². The van der Waals surface area contributed by atoms with E-state index in [1.165, 1.54) is 0 Å². The van der Waals surface area contributed by atoms with Crippen LogP contribution in [-0.4, -0.2) is 11.7 Å². The van der Waals surface area contributed by atoms with E-state index in [1.807, 2.05) is 6.92 Å². The van der Waals surface area contributed by atoms with Crippen molar-refractivity contribution in [2.24, 2.45) is 0 Å². The van der Waals surface area contributed by atoms with Crippen LogP contribution in [0.15, 0.2) is 24.3 Å². The molecule has 0 unspecified atom stereocenters. The van der Waals surface area contributed by atoms with E-state index >= 15 is 0 Å². The lowest BCUT2D eigenvalue weighted by Crippen LogP contribution is -2.10.